The van der Waals surface area contributed by atoms with Crippen LogP contribution in [0, 0.1) is 10.1 Å². The van der Waals surface area contributed by atoms with Gasteiger partial charge in [0.1, 0.15) is 13.1 Å². The first-order valence-corrected chi connectivity index (χ1v) is 4.83. The molecule has 0 aliphatic carbocycles. The topological polar surface area (TPSA) is 121 Å². The second-order valence-corrected chi connectivity index (χ2v) is 3.42. The number of nitrogens with zero attached hydrogens (tertiary/aromatic N) is 2. The maximum Gasteiger partial charge on any atom is 0.323 e. The minimum absolute atomic E-state index is 0.149. The van der Waals surface area contributed by atoms with Crippen molar-refractivity contribution in [1.29, 1.82) is 0 Å². The van der Waals surface area contributed by atoms with Gasteiger partial charge in [-0.3, -0.25) is 19.7 Å². The molecule has 0 spiro atoms. The predicted molar refractivity (Wildman–Crippen MR) is 60.6 cm³/mol. The van der Waals surface area contributed by atoms with Crippen molar-refractivity contribution in [1.82, 2.24) is 0 Å². The van der Waals surface area contributed by atoms with Crippen molar-refractivity contribution < 1.29 is 24.7 Å². The molecule has 0 saturated carbocycles. The number of hydrogen-bond acceptors (Lipinski definition) is 5. The quantitative estimate of drug-likeness (QED) is 0.562. The zero-order chi connectivity index (χ0) is 13.7. The zero-order valence-electron chi connectivity index (χ0n) is 9.15. The van der Waals surface area contributed by atoms with E-state index in [0.29, 0.717) is 5.69 Å². The molecule has 0 atom stereocenters. The number of anilines is 1. The van der Waals surface area contributed by atoms with E-state index >= 15 is 0 Å². The number of nitro benzene ring substituents is 1. The first-order chi connectivity index (χ1) is 8.40. The summed E-state index contributed by atoms with van der Waals surface area (Å²) in [5.74, 6) is -2.37. The number of benzene rings is 1. The van der Waals surface area contributed by atoms with Gasteiger partial charge in [0.2, 0.25) is 0 Å². The standard InChI is InChI=1S/C10H10N2O6/c13-9(14)5-11(6-10(15)16)7-1-3-8(4-2-7)12(17)18/h1-4H,5-6H2,(H,13,14)(H,15,16). The molecule has 0 aliphatic rings. The summed E-state index contributed by atoms with van der Waals surface area (Å²) in [6.45, 7) is -0.992. The lowest BCUT2D eigenvalue weighted by atomic mass is 10.2. The summed E-state index contributed by atoms with van der Waals surface area (Å²) >= 11 is 0. The summed E-state index contributed by atoms with van der Waals surface area (Å²) in [5, 5.41) is 27.8. The molecule has 8 nitrogen and oxygen atoms in total. The van der Waals surface area contributed by atoms with Gasteiger partial charge in [-0.25, -0.2) is 0 Å². The fourth-order valence-corrected chi connectivity index (χ4v) is 1.35. The normalized spacial score (nSPS) is 9.78. The van der Waals surface area contributed by atoms with Crippen molar-refractivity contribution in [2.75, 3.05) is 18.0 Å². The molecule has 1 aromatic rings. The third-order valence-electron chi connectivity index (χ3n) is 2.08. The van der Waals surface area contributed by atoms with Crippen LogP contribution in [-0.2, 0) is 9.59 Å². The number of carboxylic acid groups (broad SMARTS) is 2. The molecule has 2 N–H and O–H groups in total. The fraction of sp³-hybridized carbons (Fsp3) is 0.200. The summed E-state index contributed by atoms with van der Waals surface area (Å²) in [7, 11) is 0. The van der Waals surface area contributed by atoms with Crippen LogP contribution in [0.4, 0.5) is 11.4 Å². The molecular weight excluding hydrogens is 244 g/mol. The lowest BCUT2D eigenvalue weighted by Gasteiger charge is -2.20. The summed E-state index contributed by atoms with van der Waals surface area (Å²) in [4.78, 5) is 32.1. The molecular formula is C10H10N2O6. The highest BCUT2D eigenvalue weighted by molar-refractivity contribution is 5.79. The molecule has 0 bridgehead atoms. The van der Waals surface area contributed by atoms with Crippen LogP contribution < -0.4 is 4.90 Å². The van der Waals surface area contributed by atoms with Crippen LogP contribution in [-0.4, -0.2) is 40.2 Å². The maximum absolute atomic E-state index is 10.6. The second kappa shape index (κ2) is 5.62. The van der Waals surface area contributed by atoms with Crippen molar-refractivity contribution in [2.24, 2.45) is 0 Å². The van der Waals surface area contributed by atoms with Gasteiger partial charge in [0.05, 0.1) is 4.92 Å². The van der Waals surface area contributed by atoms with Crippen LogP contribution in [0.25, 0.3) is 0 Å². The summed E-state index contributed by atoms with van der Waals surface area (Å²) < 4.78 is 0. The van der Waals surface area contributed by atoms with Crippen molar-refractivity contribution in [2.45, 2.75) is 0 Å². The van der Waals surface area contributed by atoms with Gasteiger partial charge in [0, 0.05) is 17.8 Å². The first kappa shape index (κ1) is 13.4. The van der Waals surface area contributed by atoms with E-state index in [0.717, 1.165) is 4.90 Å². The number of aliphatic carboxylic acids is 2. The molecule has 0 heterocycles. The van der Waals surface area contributed by atoms with Crippen LogP contribution in [0.1, 0.15) is 0 Å². The highest BCUT2D eigenvalue weighted by atomic mass is 16.6. The Morgan fingerprint density at radius 2 is 1.56 bits per heavy atom. The van der Waals surface area contributed by atoms with Crippen molar-refractivity contribution >= 4 is 23.3 Å². The number of rotatable bonds is 6. The van der Waals surface area contributed by atoms with E-state index in [1.165, 1.54) is 24.3 Å². The predicted octanol–water partition coefficient (Wildman–Crippen LogP) is 0.570. The van der Waals surface area contributed by atoms with Gasteiger partial charge in [-0.1, -0.05) is 0 Å². The van der Waals surface area contributed by atoms with E-state index in [2.05, 4.69) is 0 Å². The Kier molecular flexibility index (Phi) is 4.19. The average molecular weight is 254 g/mol. The molecule has 0 radical (unpaired) electrons. The van der Waals surface area contributed by atoms with Gasteiger partial charge in [-0.15, -0.1) is 0 Å². The molecule has 18 heavy (non-hydrogen) atoms. The highest BCUT2D eigenvalue weighted by Gasteiger charge is 2.15. The number of nitro groups is 1. The monoisotopic (exact) mass is 254 g/mol. The van der Waals surface area contributed by atoms with E-state index in [-0.39, 0.29) is 5.69 Å². The lowest BCUT2D eigenvalue weighted by molar-refractivity contribution is -0.384. The van der Waals surface area contributed by atoms with Gasteiger partial charge in [0.15, 0.2) is 0 Å². The van der Waals surface area contributed by atoms with E-state index in [1.54, 1.807) is 0 Å². The van der Waals surface area contributed by atoms with Gasteiger partial charge in [-0.2, -0.15) is 0 Å². The Morgan fingerprint density at radius 3 is 1.89 bits per heavy atom. The van der Waals surface area contributed by atoms with E-state index in [1.807, 2.05) is 0 Å². The third-order valence-corrected chi connectivity index (χ3v) is 2.08. The minimum Gasteiger partial charge on any atom is -0.480 e. The summed E-state index contributed by atoms with van der Waals surface area (Å²) in [6.07, 6.45) is 0. The smallest absolute Gasteiger partial charge is 0.323 e. The number of carboxylic acids is 2. The molecule has 96 valence electrons. The third kappa shape index (κ3) is 3.74. The van der Waals surface area contributed by atoms with Gasteiger partial charge in [0.25, 0.3) is 5.69 Å². The largest absolute Gasteiger partial charge is 0.480 e. The van der Waals surface area contributed by atoms with Crippen molar-refractivity contribution in [3.8, 4) is 0 Å². The first-order valence-electron chi connectivity index (χ1n) is 4.83. The Balaban J connectivity index is 2.93. The molecule has 0 unspecified atom stereocenters. The highest BCUT2D eigenvalue weighted by Crippen LogP contribution is 2.19. The van der Waals surface area contributed by atoms with Crippen LogP contribution in [0.15, 0.2) is 24.3 Å². The Morgan fingerprint density at radius 1 is 1.11 bits per heavy atom. The van der Waals surface area contributed by atoms with Gasteiger partial charge in [-0.05, 0) is 12.1 Å². The Labute approximate surface area is 101 Å². The molecule has 0 saturated heterocycles. The fourth-order valence-electron chi connectivity index (χ4n) is 1.35. The molecule has 1 rings (SSSR count). The zero-order valence-corrected chi connectivity index (χ0v) is 9.15. The van der Waals surface area contributed by atoms with Crippen molar-refractivity contribution in [3.05, 3.63) is 34.4 Å². The minimum atomic E-state index is -1.19. The molecule has 0 fully saturated rings. The van der Waals surface area contributed by atoms with Crippen LogP contribution in [0.3, 0.4) is 0 Å². The number of non-ortho nitro benzene ring substituents is 1. The Hall–Kier alpha value is -2.64. The summed E-state index contributed by atoms with van der Waals surface area (Å²) in [5.41, 5.74) is 0.148. The second-order valence-electron chi connectivity index (χ2n) is 3.42. The Bertz CT molecular complexity index is 454. The van der Waals surface area contributed by atoms with Crippen LogP contribution in [0.5, 0.6) is 0 Å². The molecule has 0 aromatic heterocycles. The molecule has 0 aliphatic heterocycles. The average Bonchev–Trinajstić information content (AvgIpc) is 2.27. The summed E-state index contributed by atoms with van der Waals surface area (Å²) in [6, 6.07) is 4.99. The van der Waals surface area contributed by atoms with Crippen LogP contribution in [0.2, 0.25) is 0 Å². The SMILES string of the molecule is O=C(O)CN(CC(=O)O)c1ccc([N+](=O)[O-])cc1. The van der Waals surface area contributed by atoms with Crippen LogP contribution >= 0.6 is 0 Å². The van der Waals surface area contributed by atoms with E-state index in [4.69, 9.17) is 10.2 Å². The van der Waals surface area contributed by atoms with Gasteiger partial charge < -0.3 is 15.1 Å². The van der Waals surface area contributed by atoms with E-state index in [9.17, 15) is 19.7 Å². The van der Waals surface area contributed by atoms with E-state index < -0.39 is 30.0 Å². The number of hydrogen-bond donors (Lipinski definition) is 2. The maximum atomic E-state index is 10.6. The van der Waals surface area contributed by atoms with Crippen molar-refractivity contribution in [3.63, 3.8) is 0 Å². The molecule has 8 heteroatoms. The molecule has 0 amide bonds. The molecule has 1 aromatic carbocycles. The number of carbonyl (C=O) groups is 2. The van der Waals surface area contributed by atoms with Gasteiger partial charge >= 0.3 is 11.9 Å². The lowest BCUT2D eigenvalue weighted by Crippen LogP contribution is -2.34.